The van der Waals surface area contributed by atoms with E-state index in [1.165, 1.54) is 0 Å². The van der Waals surface area contributed by atoms with E-state index in [0.717, 1.165) is 42.0 Å². The van der Waals surface area contributed by atoms with Crippen molar-refractivity contribution in [3.05, 3.63) is 42.4 Å². The molecule has 4 rings (SSSR count). The third-order valence-corrected chi connectivity index (χ3v) is 5.86. The summed E-state index contributed by atoms with van der Waals surface area (Å²) in [6.45, 7) is 4.21. The van der Waals surface area contributed by atoms with E-state index in [4.69, 9.17) is 10.5 Å². The summed E-state index contributed by atoms with van der Waals surface area (Å²) in [5.41, 5.74) is 8.86. The summed E-state index contributed by atoms with van der Waals surface area (Å²) in [6, 6.07) is 6.64. The molecule has 1 aromatic carbocycles. The summed E-state index contributed by atoms with van der Waals surface area (Å²) in [4.78, 5) is 12.4. The zero-order valence-electron chi connectivity index (χ0n) is 17.5. The summed E-state index contributed by atoms with van der Waals surface area (Å²) in [5.74, 6) is 1.16. The zero-order valence-corrected chi connectivity index (χ0v) is 18.3. The molecule has 8 nitrogen and oxygen atoms in total. The fraction of sp³-hybridized carbons (Fsp3) is 0.381. The van der Waals surface area contributed by atoms with E-state index in [0.29, 0.717) is 23.4 Å². The van der Waals surface area contributed by atoms with E-state index in [-0.39, 0.29) is 5.82 Å². The topological polar surface area (TPSA) is 94.1 Å². The van der Waals surface area contributed by atoms with Crippen LogP contribution < -0.4 is 15.2 Å². The molecule has 1 saturated heterocycles. The number of nitrogen functional groups attached to an aromatic ring is 1. The second kappa shape index (κ2) is 9.03. The SMILES string of the molecule is CNSc1cc(C)cc(-c2cnc(N)c(Oc3cnn(C4CCN(C)CC4)c3)n2)c1. The van der Waals surface area contributed by atoms with Crippen LogP contribution in [0.25, 0.3) is 11.3 Å². The van der Waals surface area contributed by atoms with Gasteiger partial charge in [0.15, 0.2) is 11.6 Å². The number of piperidine rings is 1. The highest BCUT2D eigenvalue weighted by molar-refractivity contribution is 7.97. The minimum Gasteiger partial charge on any atom is -0.433 e. The molecule has 0 spiro atoms. The molecule has 0 unspecified atom stereocenters. The van der Waals surface area contributed by atoms with Gasteiger partial charge in [-0.1, -0.05) is 0 Å². The van der Waals surface area contributed by atoms with Crippen LogP contribution in [0.2, 0.25) is 0 Å². The number of aromatic nitrogens is 4. The number of aryl methyl sites for hydroxylation is 1. The summed E-state index contributed by atoms with van der Waals surface area (Å²) < 4.78 is 11.0. The molecule has 0 saturated carbocycles. The van der Waals surface area contributed by atoms with Crippen LogP contribution in [0.3, 0.4) is 0 Å². The Labute approximate surface area is 181 Å². The second-order valence-electron chi connectivity index (χ2n) is 7.58. The maximum atomic E-state index is 6.04. The molecule has 1 aliphatic rings. The standard InChI is InChI=1S/C21H27N7OS/c1-14-8-15(10-18(9-14)30-23-2)19-12-24-20(22)21(26-19)29-17-11-25-28(13-17)16-4-6-27(3)7-5-16/h8-13,16,23H,4-7H2,1-3H3,(H2,22,24). The van der Waals surface area contributed by atoms with Crippen molar-refractivity contribution in [3.8, 4) is 22.9 Å². The fourth-order valence-electron chi connectivity index (χ4n) is 3.61. The van der Waals surface area contributed by atoms with Crippen molar-refractivity contribution >= 4 is 17.8 Å². The minimum absolute atomic E-state index is 0.253. The molecular weight excluding hydrogens is 398 g/mol. The Morgan fingerprint density at radius 2 is 2.00 bits per heavy atom. The Morgan fingerprint density at radius 3 is 2.77 bits per heavy atom. The van der Waals surface area contributed by atoms with Crippen molar-refractivity contribution < 1.29 is 4.74 Å². The van der Waals surface area contributed by atoms with E-state index in [2.05, 4.69) is 56.9 Å². The predicted octanol–water partition coefficient (Wildman–Crippen LogP) is 3.52. The van der Waals surface area contributed by atoms with Gasteiger partial charge in [0.05, 0.1) is 30.3 Å². The lowest BCUT2D eigenvalue weighted by molar-refractivity contribution is 0.212. The summed E-state index contributed by atoms with van der Waals surface area (Å²) in [6.07, 6.45) is 7.45. The Kier molecular flexibility index (Phi) is 6.21. The number of hydrogen-bond donors (Lipinski definition) is 2. The first-order valence-corrected chi connectivity index (χ1v) is 10.8. The van der Waals surface area contributed by atoms with Gasteiger partial charge in [-0.15, -0.1) is 0 Å². The van der Waals surface area contributed by atoms with E-state index < -0.39 is 0 Å². The maximum absolute atomic E-state index is 6.04. The van der Waals surface area contributed by atoms with Crippen molar-refractivity contribution in [2.24, 2.45) is 0 Å². The minimum atomic E-state index is 0.253. The van der Waals surface area contributed by atoms with Crippen LogP contribution >= 0.6 is 11.9 Å². The van der Waals surface area contributed by atoms with Crippen LogP contribution in [0, 0.1) is 6.92 Å². The van der Waals surface area contributed by atoms with E-state index >= 15 is 0 Å². The number of hydrogen-bond acceptors (Lipinski definition) is 8. The molecule has 1 fully saturated rings. The average molecular weight is 426 g/mol. The van der Waals surface area contributed by atoms with Gasteiger partial charge in [-0.2, -0.15) is 5.10 Å². The normalized spacial score (nSPS) is 15.4. The summed E-state index contributed by atoms with van der Waals surface area (Å²) in [7, 11) is 4.05. The quantitative estimate of drug-likeness (QED) is 0.580. The molecule has 0 bridgehead atoms. The third kappa shape index (κ3) is 4.75. The first kappa shape index (κ1) is 20.6. The number of ether oxygens (including phenoxy) is 1. The van der Waals surface area contributed by atoms with Crippen LogP contribution in [0.1, 0.15) is 24.4 Å². The fourth-order valence-corrected chi connectivity index (χ4v) is 4.28. The van der Waals surface area contributed by atoms with Crippen molar-refractivity contribution in [2.45, 2.75) is 30.7 Å². The summed E-state index contributed by atoms with van der Waals surface area (Å²) in [5, 5.41) is 4.49. The summed E-state index contributed by atoms with van der Waals surface area (Å²) >= 11 is 1.56. The number of rotatable bonds is 6. The Balaban J connectivity index is 1.55. The smallest absolute Gasteiger partial charge is 0.263 e. The highest BCUT2D eigenvalue weighted by atomic mass is 32.2. The van der Waals surface area contributed by atoms with E-state index in [9.17, 15) is 0 Å². The van der Waals surface area contributed by atoms with Crippen LogP contribution in [0.4, 0.5) is 5.82 Å². The Morgan fingerprint density at radius 1 is 1.20 bits per heavy atom. The highest BCUT2D eigenvalue weighted by Crippen LogP contribution is 2.30. The predicted molar refractivity (Wildman–Crippen MR) is 120 cm³/mol. The van der Waals surface area contributed by atoms with Gasteiger partial charge in [0.1, 0.15) is 0 Å². The van der Waals surface area contributed by atoms with Crippen LogP contribution in [0.5, 0.6) is 11.6 Å². The highest BCUT2D eigenvalue weighted by Gasteiger charge is 2.19. The van der Waals surface area contributed by atoms with Crippen molar-refractivity contribution in [1.82, 2.24) is 29.4 Å². The molecule has 30 heavy (non-hydrogen) atoms. The average Bonchev–Trinajstić information content (AvgIpc) is 3.18. The number of likely N-dealkylation sites (tertiary alicyclic amines) is 1. The Hall–Kier alpha value is -2.62. The largest absolute Gasteiger partial charge is 0.433 e. The van der Waals surface area contributed by atoms with Gasteiger partial charge in [-0.3, -0.25) is 9.40 Å². The van der Waals surface area contributed by atoms with Crippen LogP contribution in [-0.4, -0.2) is 51.8 Å². The molecule has 0 radical (unpaired) electrons. The van der Waals surface area contributed by atoms with E-state index in [1.54, 1.807) is 24.3 Å². The molecule has 0 amide bonds. The second-order valence-corrected chi connectivity index (χ2v) is 8.66. The molecule has 2 aromatic heterocycles. The lowest BCUT2D eigenvalue weighted by atomic mass is 10.1. The molecule has 3 heterocycles. The van der Waals surface area contributed by atoms with Gasteiger partial charge < -0.3 is 15.4 Å². The number of nitrogens with zero attached hydrogens (tertiary/aromatic N) is 5. The van der Waals surface area contributed by atoms with Gasteiger partial charge in [-0.05, 0) is 82.7 Å². The molecule has 1 aliphatic heterocycles. The molecule has 3 N–H and O–H groups in total. The first-order valence-electron chi connectivity index (χ1n) is 10.0. The monoisotopic (exact) mass is 425 g/mol. The lowest BCUT2D eigenvalue weighted by Crippen LogP contribution is -2.31. The van der Waals surface area contributed by atoms with Gasteiger partial charge in [0, 0.05) is 10.5 Å². The van der Waals surface area contributed by atoms with E-state index in [1.807, 2.05) is 17.9 Å². The number of nitrogens with one attached hydrogen (secondary N) is 1. The number of benzene rings is 1. The van der Waals surface area contributed by atoms with Gasteiger partial charge >= 0.3 is 0 Å². The van der Waals surface area contributed by atoms with Gasteiger partial charge in [0.25, 0.3) is 5.88 Å². The Bertz CT molecular complexity index is 1010. The molecule has 0 atom stereocenters. The van der Waals surface area contributed by atoms with Gasteiger partial charge in [0.2, 0.25) is 0 Å². The molecule has 9 heteroatoms. The number of anilines is 1. The third-order valence-electron chi connectivity index (χ3n) is 5.19. The number of nitrogens with two attached hydrogens (primary N) is 1. The van der Waals surface area contributed by atoms with Crippen molar-refractivity contribution in [3.63, 3.8) is 0 Å². The zero-order chi connectivity index (χ0) is 21.1. The van der Waals surface area contributed by atoms with Crippen molar-refractivity contribution in [1.29, 1.82) is 0 Å². The maximum Gasteiger partial charge on any atom is 0.263 e. The lowest BCUT2D eigenvalue weighted by Gasteiger charge is -2.28. The first-order chi connectivity index (χ1) is 14.5. The van der Waals surface area contributed by atoms with Crippen LogP contribution in [-0.2, 0) is 0 Å². The van der Waals surface area contributed by atoms with Gasteiger partial charge in [-0.25, -0.2) is 9.97 Å². The van der Waals surface area contributed by atoms with Crippen LogP contribution in [0.15, 0.2) is 41.7 Å². The molecule has 158 valence electrons. The molecule has 3 aromatic rings. The molecular formula is C21H27N7OS. The molecule has 0 aliphatic carbocycles. The van der Waals surface area contributed by atoms with Crippen molar-refractivity contribution in [2.75, 3.05) is 32.9 Å².